The van der Waals surface area contributed by atoms with E-state index >= 15 is 0 Å². The van der Waals surface area contributed by atoms with E-state index in [4.69, 9.17) is 4.74 Å². The Hall–Kier alpha value is -2.28. The van der Waals surface area contributed by atoms with Crippen molar-refractivity contribution < 1.29 is 14.3 Å². The van der Waals surface area contributed by atoms with Crippen LogP contribution in [-0.2, 0) is 4.74 Å². The van der Waals surface area contributed by atoms with Crippen molar-refractivity contribution in [1.82, 2.24) is 4.98 Å². The Morgan fingerprint density at radius 3 is 2.43 bits per heavy atom. The fourth-order valence-corrected chi connectivity index (χ4v) is 2.46. The molecule has 2 rings (SSSR count). The summed E-state index contributed by atoms with van der Waals surface area (Å²) < 4.78 is 5.95. The number of rotatable bonds is 4. The van der Waals surface area contributed by atoms with Crippen LogP contribution in [0, 0.1) is 13.8 Å². The maximum atomic E-state index is 12.1. The van der Waals surface area contributed by atoms with Crippen molar-refractivity contribution in [2.45, 2.75) is 20.8 Å². The quantitative estimate of drug-likeness (QED) is 0.695. The number of H-pyrrole nitrogens is 1. The molecule has 2 aromatic rings. The monoisotopic (exact) mass is 379 g/mol. The number of aromatic amines is 1. The number of ether oxygens (including phenoxy) is 1. The number of aryl methyl sites for hydroxylation is 1. The summed E-state index contributed by atoms with van der Waals surface area (Å²) in [6, 6.07) is 6.82. The first-order valence-electron chi connectivity index (χ1n) is 7.12. The zero-order valence-corrected chi connectivity index (χ0v) is 14.7. The zero-order chi connectivity index (χ0) is 17.0. The fourth-order valence-electron chi connectivity index (χ4n) is 2.19. The van der Waals surface area contributed by atoms with Gasteiger partial charge >= 0.3 is 12.0 Å². The van der Waals surface area contributed by atoms with Gasteiger partial charge in [0.05, 0.1) is 12.2 Å². The molecule has 1 heterocycles. The predicted molar refractivity (Wildman–Crippen MR) is 93.0 cm³/mol. The average molecular weight is 380 g/mol. The number of hydrogen-bond donors (Lipinski definition) is 3. The molecule has 0 atom stereocenters. The Morgan fingerprint density at radius 2 is 1.83 bits per heavy atom. The van der Waals surface area contributed by atoms with Crippen LogP contribution in [0.2, 0.25) is 0 Å². The first-order chi connectivity index (χ1) is 10.9. The second-order valence-electron chi connectivity index (χ2n) is 4.93. The van der Waals surface area contributed by atoms with Crippen molar-refractivity contribution >= 4 is 39.4 Å². The number of nitrogens with one attached hydrogen (secondary N) is 3. The topological polar surface area (TPSA) is 83.2 Å². The highest BCUT2D eigenvalue weighted by atomic mass is 79.9. The van der Waals surface area contributed by atoms with Crippen LogP contribution in [0.15, 0.2) is 28.7 Å². The SMILES string of the molecule is CCOC(=O)c1c(C)[nH]c(NC(=O)Nc2ccc(Br)cc2)c1C. The van der Waals surface area contributed by atoms with Gasteiger partial charge in [-0.2, -0.15) is 0 Å². The van der Waals surface area contributed by atoms with Gasteiger partial charge in [0.15, 0.2) is 0 Å². The van der Waals surface area contributed by atoms with E-state index < -0.39 is 12.0 Å². The second-order valence-corrected chi connectivity index (χ2v) is 5.85. The summed E-state index contributed by atoms with van der Waals surface area (Å²) in [5.41, 5.74) is 2.41. The van der Waals surface area contributed by atoms with Gasteiger partial charge in [-0.05, 0) is 45.0 Å². The summed E-state index contributed by atoms with van der Waals surface area (Å²) in [6.07, 6.45) is 0. The van der Waals surface area contributed by atoms with Crippen LogP contribution in [0.3, 0.4) is 0 Å². The number of carbonyl (C=O) groups excluding carboxylic acids is 2. The molecule has 0 saturated carbocycles. The Balaban J connectivity index is 2.11. The van der Waals surface area contributed by atoms with E-state index in [1.165, 1.54) is 0 Å². The molecule has 23 heavy (non-hydrogen) atoms. The van der Waals surface area contributed by atoms with E-state index in [1.54, 1.807) is 32.9 Å². The second kappa shape index (κ2) is 7.32. The smallest absolute Gasteiger partial charge is 0.340 e. The molecule has 0 aliphatic rings. The summed E-state index contributed by atoms with van der Waals surface area (Å²) in [7, 11) is 0. The lowest BCUT2D eigenvalue weighted by molar-refractivity contribution is 0.0525. The lowest BCUT2D eigenvalue weighted by Crippen LogP contribution is -2.20. The van der Waals surface area contributed by atoms with Crippen LogP contribution in [0.1, 0.15) is 28.5 Å². The predicted octanol–water partition coefficient (Wildman–Crippen LogP) is 4.21. The molecule has 7 heteroatoms. The fraction of sp³-hybridized carbons (Fsp3) is 0.250. The maximum absolute atomic E-state index is 12.1. The van der Waals surface area contributed by atoms with Crippen molar-refractivity contribution in [3.63, 3.8) is 0 Å². The van der Waals surface area contributed by atoms with Crippen molar-refractivity contribution in [2.24, 2.45) is 0 Å². The lowest BCUT2D eigenvalue weighted by Gasteiger charge is -2.07. The standard InChI is InChI=1S/C16H18BrN3O3/c1-4-23-15(21)13-9(2)14(18-10(13)3)20-16(22)19-12-7-5-11(17)6-8-12/h5-8,18H,4H2,1-3H3,(H2,19,20,22). The van der Waals surface area contributed by atoms with Gasteiger partial charge in [-0.25, -0.2) is 9.59 Å². The van der Waals surface area contributed by atoms with Gasteiger partial charge in [-0.3, -0.25) is 5.32 Å². The van der Waals surface area contributed by atoms with Crippen molar-refractivity contribution in [3.05, 3.63) is 45.6 Å². The van der Waals surface area contributed by atoms with Crippen molar-refractivity contribution in [1.29, 1.82) is 0 Å². The van der Waals surface area contributed by atoms with Crippen LogP contribution in [-0.4, -0.2) is 23.6 Å². The highest BCUT2D eigenvalue weighted by Crippen LogP contribution is 2.23. The van der Waals surface area contributed by atoms with Gasteiger partial charge in [0.1, 0.15) is 5.82 Å². The zero-order valence-electron chi connectivity index (χ0n) is 13.1. The normalized spacial score (nSPS) is 10.3. The molecule has 1 aromatic heterocycles. The number of amides is 2. The Kier molecular flexibility index (Phi) is 5.44. The number of hydrogen-bond acceptors (Lipinski definition) is 3. The molecule has 0 bridgehead atoms. The third kappa shape index (κ3) is 4.13. The summed E-state index contributed by atoms with van der Waals surface area (Å²) in [6.45, 7) is 5.57. The minimum Gasteiger partial charge on any atom is -0.462 e. The van der Waals surface area contributed by atoms with E-state index in [1.807, 2.05) is 12.1 Å². The molecule has 122 valence electrons. The highest BCUT2D eigenvalue weighted by Gasteiger charge is 2.20. The Labute approximate surface area is 142 Å². The summed E-state index contributed by atoms with van der Waals surface area (Å²) in [5, 5.41) is 5.43. The third-order valence-electron chi connectivity index (χ3n) is 3.26. The van der Waals surface area contributed by atoms with Gasteiger partial charge < -0.3 is 15.0 Å². The van der Waals surface area contributed by atoms with E-state index in [-0.39, 0.29) is 0 Å². The molecular weight excluding hydrogens is 362 g/mol. The number of benzene rings is 1. The minimum absolute atomic E-state index is 0.301. The molecule has 0 aliphatic carbocycles. The van der Waals surface area contributed by atoms with E-state index in [0.717, 1.165) is 4.47 Å². The number of anilines is 2. The van der Waals surface area contributed by atoms with E-state index in [9.17, 15) is 9.59 Å². The average Bonchev–Trinajstić information content (AvgIpc) is 2.76. The number of esters is 1. The van der Waals surface area contributed by atoms with Crippen LogP contribution in [0.5, 0.6) is 0 Å². The molecule has 2 amide bonds. The molecule has 0 saturated heterocycles. The van der Waals surface area contributed by atoms with Gasteiger partial charge in [-0.1, -0.05) is 15.9 Å². The number of aromatic nitrogens is 1. The maximum Gasteiger partial charge on any atom is 0.340 e. The van der Waals surface area contributed by atoms with Crippen LogP contribution < -0.4 is 10.6 Å². The largest absolute Gasteiger partial charge is 0.462 e. The van der Waals surface area contributed by atoms with Gasteiger partial charge in [0.25, 0.3) is 0 Å². The molecule has 0 radical (unpaired) electrons. The van der Waals surface area contributed by atoms with E-state index in [0.29, 0.717) is 34.9 Å². The molecule has 6 nitrogen and oxygen atoms in total. The number of halogens is 1. The van der Waals surface area contributed by atoms with Gasteiger partial charge in [0.2, 0.25) is 0 Å². The molecule has 0 spiro atoms. The van der Waals surface area contributed by atoms with Crippen molar-refractivity contribution in [3.8, 4) is 0 Å². The van der Waals surface area contributed by atoms with E-state index in [2.05, 4.69) is 31.5 Å². The molecule has 0 aliphatic heterocycles. The number of carbonyl (C=O) groups is 2. The lowest BCUT2D eigenvalue weighted by atomic mass is 10.1. The molecule has 0 fully saturated rings. The number of urea groups is 1. The highest BCUT2D eigenvalue weighted by molar-refractivity contribution is 9.10. The van der Waals surface area contributed by atoms with Crippen LogP contribution in [0.4, 0.5) is 16.3 Å². The summed E-state index contributed by atoms with van der Waals surface area (Å²) >= 11 is 3.33. The summed E-state index contributed by atoms with van der Waals surface area (Å²) in [5.74, 6) is 0.0697. The molecule has 3 N–H and O–H groups in total. The Bertz CT molecular complexity index is 723. The first-order valence-corrected chi connectivity index (χ1v) is 7.91. The minimum atomic E-state index is -0.403. The third-order valence-corrected chi connectivity index (χ3v) is 3.79. The molecule has 0 unspecified atom stereocenters. The van der Waals surface area contributed by atoms with Gasteiger partial charge in [-0.15, -0.1) is 0 Å². The Morgan fingerprint density at radius 1 is 1.17 bits per heavy atom. The first kappa shape index (κ1) is 17.1. The van der Waals surface area contributed by atoms with Crippen LogP contribution in [0.25, 0.3) is 0 Å². The summed E-state index contributed by atoms with van der Waals surface area (Å²) in [4.78, 5) is 27.0. The molecule has 1 aromatic carbocycles. The van der Waals surface area contributed by atoms with Crippen molar-refractivity contribution in [2.75, 3.05) is 17.2 Å². The molecular formula is C16H18BrN3O3. The van der Waals surface area contributed by atoms with Crippen LogP contribution >= 0.6 is 15.9 Å². The van der Waals surface area contributed by atoms with Gasteiger partial charge in [0, 0.05) is 21.4 Å².